The largest absolute Gasteiger partial charge is 0.360 e. The van der Waals surface area contributed by atoms with Crippen molar-refractivity contribution in [3.63, 3.8) is 0 Å². The minimum absolute atomic E-state index is 0.0405. The van der Waals surface area contributed by atoms with E-state index in [0.717, 1.165) is 0 Å². The summed E-state index contributed by atoms with van der Waals surface area (Å²) >= 11 is 5.11. The molecule has 0 heterocycles. The van der Waals surface area contributed by atoms with E-state index in [0.29, 0.717) is 17.1 Å². The number of hydrogen-bond donors (Lipinski definition) is 2. The van der Waals surface area contributed by atoms with Crippen LogP contribution in [0.5, 0.6) is 0 Å². The van der Waals surface area contributed by atoms with Crippen molar-refractivity contribution < 1.29 is 0 Å². The van der Waals surface area contributed by atoms with Gasteiger partial charge >= 0.3 is 0 Å². The number of hydrogen-bond acceptors (Lipinski definition) is 1. The first-order chi connectivity index (χ1) is 6.13. The summed E-state index contributed by atoms with van der Waals surface area (Å²) < 4.78 is 0. The van der Waals surface area contributed by atoms with E-state index < -0.39 is 0 Å². The Bertz CT molecular complexity index is 226. The fourth-order valence-corrected chi connectivity index (χ4v) is 1.29. The van der Waals surface area contributed by atoms with Gasteiger partial charge in [-0.3, -0.25) is 0 Å². The van der Waals surface area contributed by atoms with Gasteiger partial charge < -0.3 is 10.6 Å². The summed E-state index contributed by atoms with van der Waals surface area (Å²) in [4.78, 5) is 0. The van der Waals surface area contributed by atoms with Crippen LogP contribution in [0.1, 0.15) is 26.7 Å². The zero-order valence-electron chi connectivity index (χ0n) is 8.13. The number of terminal acetylenes is 1. The summed E-state index contributed by atoms with van der Waals surface area (Å²) in [6.07, 6.45) is 7.82. The average molecular weight is 196 g/mol. The lowest BCUT2D eigenvalue weighted by molar-refractivity contribution is 0.539. The molecule has 0 amide bonds. The molecule has 2 nitrogen and oxygen atoms in total. The van der Waals surface area contributed by atoms with Gasteiger partial charge in [0.1, 0.15) is 0 Å². The van der Waals surface area contributed by atoms with Crippen molar-refractivity contribution in [1.29, 1.82) is 0 Å². The van der Waals surface area contributed by atoms with Crippen molar-refractivity contribution in [3.8, 4) is 12.3 Å². The zero-order valence-corrected chi connectivity index (χ0v) is 8.95. The van der Waals surface area contributed by atoms with Crippen LogP contribution < -0.4 is 10.6 Å². The Balaban J connectivity index is 2.28. The Hall–Kier alpha value is -0.750. The van der Waals surface area contributed by atoms with Crippen LogP contribution in [0.15, 0.2) is 0 Å². The summed E-state index contributed by atoms with van der Waals surface area (Å²) in [5.74, 6) is 3.09. The molecular formula is C10H16N2S. The third-order valence-electron chi connectivity index (χ3n) is 2.05. The smallest absolute Gasteiger partial charge is 0.167 e. The molecule has 0 radical (unpaired) electrons. The number of rotatable bonds is 3. The highest BCUT2D eigenvalue weighted by Gasteiger charge is 2.22. The summed E-state index contributed by atoms with van der Waals surface area (Å²) in [5.41, 5.74) is 0. The van der Waals surface area contributed by atoms with E-state index in [9.17, 15) is 0 Å². The van der Waals surface area contributed by atoms with Crippen LogP contribution in [0.3, 0.4) is 0 Å². The second-order valence-electron chi connectivity index (χ2n) is 3.78. The van der Waals surface area contributed by atoms with Crippen LogP contribution in [-0.4, -0.2) is 17.2 Å². The van der Waals surface area contributed by atoms with E-state index in [1.54, 1.807) is 0 Å². The molecule has 1 saturated carbocycles. The molecular weight excluding hydrogens is 180 g/mol. The molecule has 0 aromatic rings. The van der Waals surface area contributed by atoms with Crippen LogP contribution in [-0.2, 0) is 0 Å². The standard InChI is InChI=1S/C10H16N2S/c1-4-9(7(2)3)12-10(13)11-8-5-6-8/h1,7-9H,5-6H2,2-3H3,(H2,11,12,13). The molecule has 13 heavy (non-hydrogen) atoms. The summed E-state index contributed by atoms with van der Waals surface area (Å²) in [6, 6.07) is 0.629. The Morgan fingerprint density at radius 1 is 1.54 bits per heavy atom. The molecule has 0 aromatic carbocycles. The van der Waals surface area contributed by atoms with Gasteiger partial charge in [-0.15, -0.1) is 6.42 Å². The normalized spacial score (nSPS) is 17.7. The Kier molecular flexibility index (Phi) is 3.56. The van der Waals surface area contributed by atoms with E-state index in [1.165, 1.54) is 12.8 Å². The molecule has 0 saturated heterocycles. The van der Waals surface area contributed by atoms with E-state index in [2.05, 4.69) is 30.4 Å². The first-order valence-corrected chi connectivity index (χ1v) is 5.07. The second kappa shape index (κ2) is 4.48. The van der Waals surface area contributed by atoms with Gasteiger partial charge in [0.15, 0.2) is 5.11 Å². The van der Waals surface area contributed by atoms with Crippen LogP contribution in [0.2, 0.25) is 0 Å². The van der Waals surface area contributed by atoms with Gasteiger partial charge in [-0.05, 0) is 31.0 Å². The van der Waals surface area contributed by atoms with Crippen molar-refractivity contribution in [2.45, 2.75) is 38.8 Å². The van der Waals surface area contributed by atoms with Gasteiger partial charge in [-0.1, -0.05) is 19.8 Å². The highest BCUT2D eigenvalue weighted by molar-refractivity contribution is 7.80. The molecule has 72 valence electrons. The minimum atomic E-state index is 0.0405. The van der Waals surface area contributed by atoms with Crippen LogP contribution in [0.25, 0.3) is 0 Å². The number of thiocarbonyl (C=S) groups is 1. The first kappa shape index (κ1) is 10.3. The zero-order chi connectivity index (χ0) is 9.84. The van der Waals surface area contributed by atoms with Gasteiger partial charge in [-0.25, -0.2) is 0 Å². The summed E-state index contributed by atoms with van der Waals surface area (Å²) in [7, 11) is 0. The molecule has 0 bridgehead atoms. The van der Waals surface area contributed by atoms with Gasteiger partial charge in [-0.2, -0.15) is 0 Å². The molecule has 1 aliphatic rings. The van der Waals surface area contributed by atoms with Crippen molar-refractivity contribution in [2.75, 3.05) is 0 Å². The van der Waals surface area contributed by atoms with Crippen molar-refractivity contribution in [3.05, 3.63) is 0 Å². The molecule has 1 fully saturated rings. The van der Waals surface area contributed by atoms with Crippen molar-refractivity contribution in [1.82, 2.24) is 10.6 Å². The van der Waals surface area contributed by atoms with E-state index >= 15 is 0 Å². The maximum atomic E-state index is 5.37. The second-order valence-corrected chi connectivity index (χ2v) is 4.19. The van der Waals surface area contributed by atoms with Crippen molar-refractivity contribution in [2.24, 2.45) is 5.92 Å². The molecule has 1 rings (SSSR count). The molecule has 0 aromatic heterocycles. The van der Waals surface area contributed by atoms with Crippen LogP contribution >= 0.6 is 12.2 Å². The molecule has 1 unspecified atom stereocenters. The first-order valence-electron chi connectivity index (χ1n) is 4.66. The Morgan fingerprint density at radius 3 is 2.54 bits per heavy atom. The van der Waals surface area contributed by atoms with E-state index in [-0.39, 0.29) is 6.04 Å². The Morgan fingerprint density at radius 2 is 2.15 bits per heavy atom. The molecule has 1 aliphatic carbocycles. The van der Waals surface area contributed by atoms with E-state index in [1.807, 2.05) is 0 Å². The van der Waals surface area contributed by atoms with Crippen LogP contribution in [0.4, 0.5) is 0 Å². The average Bonchev–Trinajstić information content (AvgIpc) is 2.83. The predicted octanol–water partition coefficient (Wildman–Crippen LogP) is 1.27. The van der Waals surface area contributed by atoms with Gasteiger partial charge in [0.2, 0.25) is 0 Å². The maximum Gasteiger partial charge on any atom is 0.167 e. The van der Waals surface area contributed by atoms with Crippen LogP contribution in [0, 0.1) is 18.3 Å². The fraction of sp³-hybridized carbons (Fsp3) is 0.700. The quantitative estimate of drug-likeness (QED) is 0.525. The lowest BCUT2D eigenvalue weighted by atomic mass is 10.1. The highest BCUT2D eigenvalue weighted by atomic mass is 32.1. The molecule has 1 atom stereocenters. The van der Waals surface area contributed by atoms with Gasteiger partial charge in [0, 0.05) is 6.04 Å². The predicted molar refractivity (Wildman–Crippen MR) is 59.4 cm³/mol. The van der Waals surface area contributed by atoms with Crippen molar-refractivity contribution >= 4 is 17.3 Å². The SMILES string of the molecule is C#CC(NC(=S)NC1CC1)C(C)C. The monoisotopic (exact) mass is 196 g/mol. The fourth-order valence-electron chi connectivity index (χ4n) is 0.997. The summed E-state index contributed by atoms with van der Waals surface area (Å²) in [6.45, 7) is 4.16. The van der Waals surface area contributed by atoms with Gasteiger partial charge in [0.25, 0.3) is 0 Å². The highest BCUT2D eigenvalue weighted by Crippen LogP contribution is 2.18. The third kappa shape index (κ3) is 3.65. The Labute approximate surface area is 85.5 Å². The molecule has 2 N–H and O–H groups in total. The maximum absolute atomic E-state index is 5.37. The minimum Gasteiger partial charge on any atom is -0.360 e. The topological polar surface area (TPSA) is 24.1 Å². The van der Waals surface area contributed by atoms with Gasteiger partial charge in [0.05, 0.1) is 6.04 Å². The lowest BCUT2D eigenvalue weighted by Crippen LogP contribution is -2.44. The third-order valence-corrected chi connectivity index (χ3v) is 2.28. The molecule has 0 spiro atoms. The number of nitrogens with one attached hydrogen (secondary N) is 2. The molecule has 0 aliphatic heterocycles. The lowest BCUT2D eigenvalue weighted by Gasteiger charge is -2.18. The van der Waals surface area contributed by atoms with E-state index in [4.69, 9.17) is 18.6 Å². The summed E-state index contributed by atoms with van der Waals surface area (Å²) in [5, 5.41) is 7.01. The molecule has 3 heteroatoms.